The highest BCUT2D eigenvalue weighted by Crippen LogP contribution is 2.28. The average Bonchev–Trinajstić information content (AvgIpc) is 2.45. The number of aliphatic hydroxyl groups excluding tert-OH is 1. The van der Waals surface area contributed by atoms with Crippen LogP contribution < -0.4 is 0 Å². The van der Waals surface area contributed by atoms with Crippen LogP contribution in [0.25, 0.3) is 0 Å². The Morgan fingerprint density at radius 1 is 1.73 bits per heavy atom. The lowest BCUT2D eigenvalue weighted by molar-refractivity contribution is -0.117. The molecule has 3 heteroatoms. The Bertz CT molecular complexity index is 135. The first kappa shape index (κ1) is 8.68. The number of carbonyl (C=O) groups excluding carboxylic acids is 1. The van der Waals surface area contributed by atoms with E-state index in [0.717, 1.165) is 12.7 Å². The van der Waals surface area contributed by atoms with E-state index < -0.39 is 0 Å². The largest absolute Gasteiger partial charge is 0.396 e. The van der Waals surface area contributed by atoms with Crippen LogP contribution in [0.5, 0.6) is 0 Å². The molecule has 0 amide bonds. The Morgan fingerprint density at radius 3 is 2.91 bits per heavy atom. The van der Waals surface area contributed by atoms with E-state index in [0.29, 0.717) is 6.61 Å². The Hall–Kier alpha value is -0.410. The fraction of sp³-hybridized carbons (Fsp3) is 0.875. The molecule has 1 aliphatic heterocycles. The molecule has 0 spiro atoms. The highest BCUT2D eigenvalue weighted by Gasteiger charge is 2.34. The molecule has 1 N–H and O–H groups in total. The lowest BCUT2D eigenvalue weighted by Gasteiger charge is -2.14. The van der Waals surface area contributed by atoms with E-state index in [9.17, 15) is 4.79 Å². The molecule has 0 aromatic rings. The predicted molar refractivity (Wildman–Crippen MR) is 40.2 cm³/mol. The van der Waals surface area contributed by atoms with E-state index in [-0.39, 0.29) is 24.5 Å². The summed E-state index contributed by atoms with van der Waals surface area (Å²) in [5, 5.41) is 8.88. The van der Waals surface area contributed by atoms with E-state index in [1.807, 2.05) is 6.92 Å². The number of hydrogen-bond acceptors (Lipinski definition) is 3. The fourth-order valence-corrected chi connectivity index (χ4v) is 1.64. The molecule has 0 aliphatic carbocycles. The summed E-state index contributed by atoms with van der Waals surface area (Å²) in [6.07, 6.45) is 1.45. The van der Waals surface area contributed by atoms with Crippen molar-refractivity contribution in [3.05, 3.63) is 0 Å². The maximum Gasteiger partial charge on any atom is 0.149 e. The second-order valence-corrected chi connectivity index (χ2v) is 2.95. The van der Waals surface area contributed by atoms with Crippen LogP contribution in [-0.4, -0.2) is 30.7 Å². The van der Waals surface area contributed by atoms with Crippen molar-refractivity contribution >= 4 is 6.29 Å². The molecule has 0 saturated carbocycles. The highest BCUT2D eigenvalue weighted by molar-refractivity contribution is 5.57. The minimum atomic E-state index is -0.280. The number of rotatable bonds is 3. The molecule has 0 bridgehead atoms. The molecule has 1 saturated heterocycles. The average molecular weight is 158 g/mol. The van der Waals surface area contributed by atoms with E-state index >= 15 is 0 Å². The molecule has 1 fully saturated rings. The van der Waals surface area contributed by atoms with Gasteiger partial charge in [0.05, 0.1) is 6.61 Å². The van der Waals surface area contributed by atoms with Gasteiger partial charge >= 0.3 is 0 Å². The first-order valence-electron chi connectivity index (χ1n) is 4.01. The van der Waals surface area contributed by atoms with Crippen LogP contribution in [0.1, 0.15) is 13.3 Å². The second kappa shape index (κ2) is 3.83. The third-order valence-corrected chi connectivity index (χ3v) is 2.37. The molecule has 0 radical (unpaired) electrons. The van der Waals surface area contributed by atoms with Crippen LogP contribution in [0.4, 0.5) is 0 Å². The van der Waals surface area contributed by atoms with E-state index in [1.165, 1.54) is 0 Å². The third kappa shape index (κ3) is 1.60. The maximum absolute atomic E-state index is 10.4. The van der Waals surface area contributed by atoms with Crippen LogP contribution in [0.3, 0.4) is 0 Å². The van der Waals surface area contributed by atoms with Crippen LogP contribution in [0.15, 0.2) is 0 Å². The van der Waals surface area contributed by atoms with Gasteiger partial charge in [-0.3, -0.25) is 0 Å². The van der Waals surface area contributed by atoms with Crippen molar-refractivity contribution in [2.24, 2.45) is 11.8 Å². The molecule has 1 rings (SSSR count). The van der Waals surface area contributed by atoms with E-state index in [2.05, 4.69) is 0 Å². The molecular formula is C8H14O3. The summed E-state index contributed by atoms with van der Waals surface area (Å²) in [5.74, 6) is 0.382. The zero-order chi connectivity index (χ0) is 8.27. The molecule has 1 heterocycles. The molecule has 2 unspecified atom stereocenters. The van der Waals surface area contributed by atoms with Gasteiger partial charge in [0.15, 0.2) is 0 Å². The Labute approximate surface area is 66.4 Å². The summed E-state index contributed by atoms with van der Waals surface area (Å²) >= 11 is 0. The Kier molecular flexibility index (Phi) is 3.02. The van der Waals surface area contributed by atoms with Crippen molar-refractivity contribution in [2.75, 3.05) is 13.2 Å². The first-order valence-corrected chi connectivity index (χ1v) is 4.01. The SMILES string of the molecule is CC[C@H]1C(CO)COC1C=O. The van der Waals surface area contributed by atoms with Gasteiger partial charge in [0.2, 0.25) is 0 Å². The lowest BCUT2D eigenvalue weighted by atomic mass is 9.90. The summed E-state index contributed by atoms with van der Waals surface area (Å²) in [6, 6.07) is 0. The third-order valence-electron chi connectivity index (χ3n) is 2.37. The van der Waals surface area contributed by atoms with Gasteiger partial charge in [-0.25, -0.2) is 0 Å². The molecule has 0 aromatic heterocycles. The van der Waals surface area contributed by atoms with Crippen molar-refractivity contribution in [2.45, 2.75) is 19.4 Å². The first-order chi connectivity index (χ1) is 5.33. The summed E-state index contributed by atoms with van der Waals surface area (Å²) in [7, 11) is 0. The number of aldehydes is 1. The molecule has 3 atom stereocenters. The van der Waals surface area contributed by atoms with Gasteiger partial charge in [-0.2, -0.15) is 0 Å². The van der Waals surface area contributed by atoms with Crippen LogP contribution in [-0.2, 0) is 9.53 Å². The zero-order valence-corrected chi connectivity index (χ0v) is 6.69. The van der Waals surface area contributed by atoms with E-state index in [1.54, 1.807) is 0 Å². The number of ether oxygens (including phenoxy) is 1. The maximum atomic E-state index is 10.4. The standard InChI is InChI=1S/C8H14O3/c1-2-7-6(3-9)5-11-8(7)4-10/h4,6-9H,2-3,5H2,1H3/t6?,7-,8?/m0/s1. The van der Waals surface area contributed by atoms with E-state index in [4.69, 9.17) is 9.84 Å². The zero-order valence-electron chi connectivity index (χ0n) is 6.69. The number of hydrogen-bond donors (Lipinski definition) is 1. The number of carbonyl (C=O) groups is 1. The summed E-state index contributed by atoms with van der Waals surface area (Å²) in [5.41, 5.74) is 0. The molecule has 1 aliphatic rings. The predicted octanol–water partition coefficient (Wildman–Crippen LogP) is 0.219. The molecule has 11 heavy (non-hydrogen) atoms. The summed E-state index contributed by atoms with van der Waals surface area (Å²) in [4.78, 5) is 10.4. The summed E-state index contributed by atoms with van der Waals surface area (Å²) < 4.78 is 5.18. The van der Waals surface area contributed by atoms with Crippen molar-refractivity contribution in [1.82, 2.24) is 0 Å². The smallest absolute Gasteiger partial charge is 0.149 e. The van der Waals surface area contributed by atoms with Crippen LogP contribution >= 0.6 is 0 Å². The fourth-order valence-electron chi connectivity index (χ4n) is 1.64. The van der Waals surface area contributed by atoms with Gasteiger partial charge < -0.3 is 14.6 Å². The normalized spacial score (nSPS) is 37.5. The van der Waals surface area contributed by atoms with Crippen LogP contribution in [0.2, 0.25) is 0 Å². The Balaban J connectivity index is 2.54. The molecular weight excluding hydrogens is 144 g/mol. The minimum Gasteiger partial charge on any atom is -0.396 e. The van der Waals surface area contributed by atoms with Crippen molar-refractivity contribution < 1.29 is 14.6 Å². The van der Waals surface area contributed by atoms with Gasteiger partial charge in [0, 0.05) is 12.5 Å². The van der Waals surface area contributed by atoms with Crippen molar-refractivity contribution in [1.29, 1.82) is 0 Å². The van der Waals surface area contributed by atoms with Gasteiger partial charge in [-0.15, -0.1) is 0 Å². The second-order valence-electron chi connectivity index (χ2n) is 2.95. The minimum absolute atomic E-state index is 0.128. The summed E-state index contributed by atoms with van der Waals surface area (Å²) in [6.45, 7) is 2.67. The van der Waals surface area contributed by atoms with Crippen LogP contribution in [0, 0.1) is 11.8 Å². The molecule has 3 nitrogen and oxygen atoms in total. The molecule has 64 valence electrons. The van der Waals surface area contributed by atoms with Gasteiger partial charge in [0.1, 0.15) is 12.4 Å². The topological polar surface area (TPSA) is 46.5 Å². The van der Waals surface area contributed by atoms with Crippen molar-refractivity contribution in [3.8, 4) is 0 Å². The van der Waals surface area contributed by atoms with Crippen molar-refractivity contribution in [3.63, 3.8) is 0 Å². The number of aliphatic hydroxyl groups is 1. The lowest BCUT2D eigenvalue weighted by Crippen LogP contribution is -2.22. The Morgan fingerprint density at radius 2 is 2.45 bits per heavy atom. The molecule has 0 aromatic carbocycles. The monoisotopic (exact) mass is 158 g/mol. The van der Waals surface area contributed by atoms with Gasteiger partial charge in [-0.05, 0) is 12.3 Å². The highest BCUT2D eigenvalue weighted by atomic mass is 16.5. The van der Waals surface area contributed by atoms with Gasteiger partial charge in [-0.1, -0.05) is 6.92 Å². The quantitative estimate of drug-likeness (QED) is 0.597. The van der Waals surface area contributed by atoms with Gasteiger partial charge in [0.25, 0.3) is 0 Å².